The second-order valence-electron chi connectivity index (χ2n) is 3.71. The zero-order valence-electron chi connectivity index (χ0n) is 9.48. The number of para-hydroxylation sites is 1. The Morgan fingerprint density at radius 1 is 1.38 bits per heavy atom. The first-order valence-electron chi connectivity index (χ1n) is 5.58. The van der Waals surface area contributed by atoms with Gasteiger partial charge in [-0.2, -0.15) is 0 Å². The summed E-state index contributed by atoms with van der Waals surface area (Å²) in [5.74, 6) is 1.89. The smallest absolute Gasteiger partial charge is 0.119 e. The lowest BCUT2D eigenvalue weighted by molar-refractivity contribution is 0.187. The Morgan fingerprint density at radius 3 is 2.81 bits per heavy atom. The topological polar surface area (TPSA) is 30.5 Å². The molecule has 0 aromatic heterocycles. The molecule has 0 saturated carbocycles. The van der Waals surface area contributed by atoms with Crippen LogP contribution in [0.15, 0.2) is 42.2 Å². The second kappa shape index (κ2) is 5.56. The fourth-order valence-corrected chi connectivity index (χ4v) is 1.68. The van der Waals surface area contributed by atoms with E-state index in [-0.39, 0.29) is 6.04 Å². The predicted octanol–water partition coefficient (Wildman–Crippen LogP) is 1.96. The molecule has 0 radical (unpaired) electrons. The minimum atomic E-state index is 0.141. The number of likely N-dealkylation sites (N-methyl/N-ethyl adjacent to an activating group) is 1. The summed E-state index contributed by atoms with van der Waals surface area (Å²) in [6.45, 7) is 1.38. The lowest BCUT2D eigenvalue weighted by atomic mass is 10.2. The molecule has 1 aromatic carbocycles. The van der Waals surface area contributed by atoms with Gasteiger partial charge in [0.15, 0.2) is 0 Å². The first-order valence-corrected chi connectivity index (χ1v) is 5.58. The van der Waals surface area contributed by atoms with Crippen molar-refractivity contribution >= 4 is 0 Å². The third kappa shape index (κ3) is 2.76. The first kappa shape index (κ1) is 11.0. The van der Waals surface area contributed by atoms with Crippen LogP contribution >= 0.6 is 0 Å². The monoisotopic (exact) mass is 219 g/mol. The van der Waals surface area contributed by atoms with Crippen molar-refractivity contribution in [3.05, 3.63) is 42.2 Å². The molecule has 3 heteroatoms. The Kier molecular flexibility index (Phi) is 3.83. The third-order valence-electron chi connectivity index (χ3n) is 2.58. The first-order chi connectivity index (χ1) is 7.90. The number of hydrogen-bond donors (Lipinski definition) is 1. The van der Waals surface area contributed by atoms with Crippen molar-refractivity contribution in [1.82, 2.24) is 5.32 Å². The van der Waals surface area contributed by atoms with Crippen LogP contribution in [-0.2, 0) is 4.74 Å². The number of benzene rings is 1. The van der Waals surface area contributed by atoms with Gasteiger partial charge < -0.3 is 14.8 Å². The lowest BCUT2D eigenvalue weighted by Crippen LogP contribution is -2.33. The molecule has 1 aliphatic rings. The summed E-state index contributed by atoms with van der Waals surface area (Å²) < 4.78 is 11.2. The van der Waals surface area contributed by atoms with E-state index >= 15 is 0 Å². The minimum absolute atomic E-state index is 0.141. The van der Waals surface area contributed by atoms with Gasteiger partial charge in [-0.3, -0.25) is 0 Å². The maximum absolute atomic E-state index is 5.69. The molecule has 1 aliphatic heterocycles. The summed E-state index contributed by atoms with van der Waals surface area (Å²) in [5, 5.41) is 3.20. The summed E-state index contributed by atoms with van der Waals surface area (Å²) in [7, 11) is 1.92. The summed E-state index contributed by atoms with van der Waals surface area (Å²) >= 11 is 0. The Morgan fingerprint density at radius 2 is 2.19 bits per heavy atom. The fourth-order valence-electron chi connectivity index (χ4n) is 1.68. The van der Waals surface area contributed by atoms with Gasteiger partial charge in [0.25, 0.3) is 0 Å². The summed E-state index contributed by atoms with van der Waals surface area (Å²) in [5.41, 5.74) is 0. The highest BCUT2D eigenvalue weighted by Crippen LogP contribution is 2.15. The molecule has 86 valence electrons. The van der Waals surface area contributed by atoms with Crippen molar-refractivity contribution in [3.8, 4) is 5.75 Å². The Hall–Kier alpha value is -1.48. The van der Waals surface area contributed by atoms with Crippen LogP contribution in [0.25, 0.3) is 0 Å². The van der Waals surface area contributed by atoms with Gasteiger partial charge in [-0.1, -0.05) is 18.2 Å². The van der Waals surface area contributed by atoms with E-state index in [0.29, 0.717) is 6.61 Å². The standard InChI is InChI=1S/C13H17NO2/c1-14-12(13-8-5-9-15-13)10-16-11-6-3-2-4-7-11/h2-4,6-8,12,14H,5,9-10H2,1H3. The van der Waals surface area contributed by atoms with E-state index in [1.54, 1.807) is 0 Å². The van der Waals surface area contributed by atoms with Crippen LogP contribution in [0.1, 0.15) is 6.42 Å². The average molecular weight is 219 g/mol. The Labute approximate surface area is 96.1 Å². The number of rotatable bonds is 5. The number of nitrogens with one attached hydrogen (secondary N) is 1. The minimum Gasteiger partial charge on any atom is -0.496 e. The van der Waals surface area contributed by atoms with E-state index in [4.69, 9.17) is 9.47 Å². The molecule has 1 unspecified atom stereocenters. The van der Waals surface area contributed by atoms with Crippen molar-refractivity contribution in [2.75, 3.05) is 20.3 Å². The molecule has 0 aliphatic carbocycles. The summed E-state index contributed by atoms with van der Waals surface area (Å²) in [4.78, 5) is 0. The van der Waals surface area contributed by atoms with Crippen molar-refractivity contribution in [3.63, 3.8) is 0 Å². The van der Waals surface area contributed by atoms with Gasteiger partial charge >= 0.3 is 0 Å². The molecule has 1 heterocycles. The van der Waals surface area contributed by atoms with E-state index in [0.717, 1.165) is 24.5 Å². The van der Waals surface area contributed by atoms with E-state index in [9.17, 15) is 0 Å². The van der Waals surface area contributed by atoms with Crippen LogP contribution in [0, 0.1) is 0 Å². The van der Waals surface area contributed by atoms with E-state index < -0.39 is 0 Å². The molecule has 0 fully saturated rings. The number of ether oxygens (including phenoxy) is 2. The van der Waals surface area contributed by atoms with E-state index in [2.05, 4.69) is 11.4 Å². The molecular formula is C13H17NO2. The average Bonchev–Trinajstić information content (AvgIpc) is 2.85. The van der Waals surface area contributed by atoms with Gasteiger partial charge in [0.2, 0.25) is 0 Å². The second-order valence-corrected chi connectivity index (χ2v) is 3.71. The zero-order valence-corrected chi connectivity index (χ0v) is 9.48. The normalized spacial score (nSPS) is 16.4. The predicted molar refractivity (Wildman–Crippen MR) is 63.4 cm³/mol. The zero-order chi connectivity index (χ0) is 11.2. The molecule has 3 nitrogen and oxygen atoms in total. The fraction of sp³-hybridized carbons (Fsp3) is 0.385. The molecule has 0 spiro atoms. The summed E-state index contributed by atoms with van der Waals surface area (Å²) in [6.07, 6.45) is 3.12. The van der Waals surface area contributed by atoms with Crippen LogP contribution in [0.4, 0.5) is 0 Å². The molecule has 2 rings (SSSR count). The highest BCUT2D eigenvalue weighted by Gasteiger charge is 2.17. The van der Waals surface area contributed by atoms with Gasteiger partial charge in [0, 0.05) is 6.42 Å². The van der Waals surface area contributed by atoms with Crippen molar-refractivity contribution in [2.45, 2.75) is 12.5 Å². The molecule has 1 N–H and O–H groups in total. The molecule has 0 saturated heterocycles. The lowest BCUT2D eigenvalue weighted by Gasteiger charge is -2.18. The highest BCUT2D eigenvalue weighted by molar-refractivity contribution is 5.21. The van der Waals surface area contributed by atoms with Gasteiger partial charge in [-0.05, 0) is 25.3 Å². The molecule has 1 atom stereocenters. The van der Waals surface area contributed by atoms with Crippen LogP contribution in [-0.4, -0.2) is 26.3 Å². The van der Waals surface area contributed by atoms with E-state index in [1.807, 2.05) is 37.4 Å². The maximum atomic E-state index is 5.69. The largest absolute Gasteiger partial charge is 0.496 e. The van der Waals surface area contributed by atoms with Crippen LogP contribution in [0.5, 0.6) is 5.75 Å². The Bertz CT molecular complexity index is 348. The molecule has 0 bridgehead atoms. The van der Waals surface area contributed by atoms with E-state index in [1.165, 1.54) is 0 Å². The van der Waals surface area contributed by atoms with Crippen molar-refractivity contribution in [1.29, 1.82) is 0 Å². The van der Waals surface area contributed by atoms with Crippen LogP contribution in [0.2, 0.25) is 0 Å². The quantitative estimate of drug-likeness (QED) is 0.821. The molecule has 0 amide bonds. The van der Waals surface area contributed by atoms with Crippen LogP contribution < -0.4 is 10.1 Å². The van der Waals surface area contributed by atoms with Gasteiger partial charge in [-0.15, -0.1) is 0 Å². The van der Waals surface area contributed by atoms with Gasteiger partial charge in [0.1, 0.15) is 18.1 Å². The van der Waals surface area contributed by atoms with Gasteiger partial charge in [-0.25, -0.2) is 0 Å². The molecular weight excluding hydrogens is 202 g/mol. The van der Waals surface area contributed by atoms with Crippen molar-refractivity contribution < 1.29 is 9.47 Å². The summed E-state index contributed by atoms with van der Waals surface area (Å²) in [6, 6.07) is 9.96. The molecule has 16 heavy (non-hydrogen) atoms. The maximum Gasteiger partial charge on any atom is 0.119 e. The number of hydrogen-bond acceptors (Lipinski definition) is 3. The van der Waals surface area contributed by atoms with Crippen molar-refractivity contribution in [2.24, 2.45) is 0 Å². The SMILES string of the molecule is CNC(COc1ccccc1)C1=CCCO1. The van der Waals surface area contributed by atoms with Crippen LogP contribution in [0.3, 0.4) is 0 Å². The third-order valence-corrected chi connectivity index (χ3v) is 2.58. The highest BCUT2D eigenvalue weighted by atomic mass is 16.5. The molecule has 1 aromatic rings. The van der Waals surface area contributed by atoms with Gasteiger partial charge in [0.05, 0.1) is 12.6 Å². The Balaban J connectivity index is 1.88.